The van der Waals surface area contributed by atoms with E-state index in [4.69, 9.17) is 9.47 Å². The van der Waals surface area contributed by atoms with Crippen molar-refractivity contribution in [3.8, 4) is 11.5 Å². The second kappa shape index (κ2) is 6.60. The van der Waals surface area contributed by atoms with Gasteiger partial charge in [0.25, 0.3) is 5.91 Å². The Balaban J connectivity index is 1.54. The Kier molecular flexibility index (Phi) is 4.15. The van der Waals surface area contributed by atoms with Gasteiger partial charge in [0.15, 0.2) is 11.5 Å². The smallest absolute Gasteiger partial charge is 0.259 e. The molecule has 1 amide bonds. The normalized spacial score (nSPS) is 16.8. The van der Waals surface area contributed by atoms with E-state index in [1.54, 1.807) is 30.5 Å². The molecule has 0 aliphatic carbocycles. The fourth-order valence-corrected chi connectivity index (χ4v) is 3.02. The summed E-state index contributed by atoms with van der Waals surface area (Å²) in [5, 5.41) is 2.92. The van der Waals surface area contributed by atoms with Gasteiger partial charge in [0.1, 0.15) is 5.82 Å². The van der Waals surface area contributed by atoms with Crippen molar-refractivity contribution < 1.29 is 14.3 Å². The maximum Gasteiger partial charge on any atom is 0.259 e. The molecule has 1 aromatic heterocycles. The quantitative estimate of drug-likeness (QED) is 0.919. The summed E-state index contributed by atoms with van der Waals surface area (Å²) in [5.41, 5.74) is 1.24. The zero-order chi connectivity index (χ0) is 17.2. The van der Waals surface area contributed by atoms with Crippen molar-refractivity contribution in [2.24, 2.45) is 0 Å². The Labute approximate surface area is 146 Å². The molecule has 0 bridgehead atoms. The molecule has 0 radical (unpaired) electrons. The van der Waals surface area contributed by atoms with E-state index in [0.29, 0.717) is 22.7 Å². The van der Waals surface area contributed by atoms with E-state index in [9.17, 15) is 4.79 Å². The molecule has 1 N–H and O–H groups in total. The molecule has 2 aromatic rings. The van der Waals surface area contributed by atoms with Gasteiger partial charge < -0.3 is 24.6 Å². The van der Waals surface area contributed by atoms with Gasteiger partial charge in [0.2, 0.25) is 6.79 Å². The fraction of sp³-hybridized carbons (Fsp3) is 0.333. The molecule has 1 fully saturated rings. The molecule has 7 nitrogen and oxygen atoms in total. The second-order valence-electron chi connectivity index (χ2n) is 6.19. The summed E-state index contributed by atoms with van der Waals surface area (Å²) >= 11 is 0. The summed E-state index contributed by atoms with van der Waals surface area (Å²) in [4.78, 5) is 21.7. The van der Waals surface area contributed by atoms with Gasteiger partial charge in [-0.1, -0.05) is 0 Å². The number of carbonyl (C=O) groups is 1. The second-order valence-corrected chi connectivity index (χ2v) is 6.19. The Morgan fingerprint density at radius 1 is 1.12 bits per heavy atom. The number of piperazine rings is 1. The molecular weight excluding hydrogens is 320 g/mol. The number of nitrogens with zero attached hydrogens (tertiary/aromatic N) is 3. The highest BCUT2D eigenvalue weighted by Gasteiger charge is 2.22. The van der Waals surface area contributed by atoms with Crippen LogP contribution in [0.5, 0.6) is 11.5 Å². The van der Waals surface area contributed by atoms with E-state index < -0.39 is 0 Å². The predicted molar refractivity (Wildman–Crippen MR) is 94.5 cm³/mol. The summed E-state index contributed by atoms with van der Waals surface area (Å²) in [6.07, 6.45) is 1.73. The van der Waals surface area contributed by atoms with Gasteiger partial charge in [-0.25, -0.2) is 4.98 Å². The molecule has 1 saturated heterocycles. The number of amides is 1. The number of hydrogen-bond donors (Lipinski definition) is 1. The summed E-state index contributed by atoms with van der Waals surface area (Å²) in [7, 11) is 2.10. The lowest BCUT2D eigenvalue weighted by molar-refractivity contribution is 0.102. The van der Waals surface area contributed by atoms with Crippen LogP contribution in [0.15, 0.2) is 36.5 Å². The highest BCUT2D eigenvalue weighted by Crippen LogP contribution is 2.34. The van der Waals surface area contributed by atoms with Crippen molar-refractivity contribution in [1.29, 1.82) is 0 Å². The number of carbonyl (C=O) groups excluding carboxylic acids is 1. The van der Waals surface area contributed by atoms with Crippen molar-refractivity contribution in [3.05, 3.63) is 42.1 Å². The van der Waals surface area contributed by atoms with Crippen LogP contribution in [-0.2, 0) is 0 Å². The molecule has 4 rings (SSSR count). The van der Waals surface area contributed by atoms with E-state index in [0.717, 1.165) is 32.0 Å². The number of likely N-dealkylation sites (N-methyl/N-ethyl adjacent to an activating group) is 1. The standard InChI is InChI=1S/C18H20N4O3/c1-21-7-9-22(10-8-21)17-14(3-2-6-19-17)18(23)20-13-4-5-15-16(11-13)25-12-24-15/h2-6,11H,7-10,12H2,1H3,(H,20,23). The number of benzene rings is 1. The van der Waals surface area contributed by atoms with E-state index in [-0.39, 0.29) is 12.7 Å². The summed E-state index contributed by atoms with van der Waals surface area (Å²) in [6, 6.07) is 8.96. The average Bonchev–Trinajstić information content (AvgIpc) is 3.10. The van der Waals surface area contributed by atoms with Crippen molar-refractivity contribution in [3.63, 3.8) is 0 Å². The van der Waals surface area contributed by atoms with Gasteiger partial charge >= 0.3 is 0 Å². The summed E-state index contributed by atoms with van der Waals surface area (Å²) in [5.74, 6) is 1.88. The SMILES string of the molecule is CN1CCN(c2ncccc2C(=O)Nc2ccc3c(c2)OCO3)CC1. The van der Waals surface area contributed by atoms with Crippen LogP contribution >= 0.6 is 0 Å². The molecule has 130 valence electrons. The third-order valence-corrected chi connectivity index (χ3v) is 4.46. The zero-order valence-corrected chi connectivity index (χ0v) is 14.1. The van der Waals surface area contributed by atoms with Gasteiger partial charge in [0.05, 0.1) is 5.56 Å². The number of aromatic nitrogens is 1. The molecule has 2 aliphatic heterocycles. The Morgan fingerprint density at radius 2 is 1.92 bits per heavy atom. The number of rotatable bonds is 3. The van der Waals surface area contributed by atoms with Crippen LogP contribution in [0.1, 0.15) is 10.4 Å². The molecular formula is C18H20N4O3. The van der Waals surface area contributed by atoms with Gasteiger partial charge in [0, 0.05) is 44.1 Å². The van der Waals surface area contributed by atoms with Gasteiger partial charge in [-0.15, -0.1) is 0 Å². The fourth-order valence-electron chi connectivity index (χ4n) is 3.02. The summed E-state index contributed by atoms with van der Waals surface area (Å²) < 4.78 is 10.7. The number of fused-ring (bicyclic) bond motifs is 1. The van der Waals surface area contributed by atoms with Crippen LogP contribution in [0.25, 0.3) is 0 Å². The van der Waals surface area contributed by atoms with E-state index in [1.165, 1.54) is 0 Å². The minimum Gasteiger partial charge on any atom is -0.454 e. The lowest BCUT2D eigenvalue weighted by Crippen LogP contribution is -2.45. The maximum absolute atomic E-state index is 12.8. The van der Waals surface area contributed by atoms with Crippen LogP contribution in [0.2, 0.25) is 0 Å². The number of ether oxygens (including phenoxy) is 2. The minimum absolute atomic E-state index is 0.180. The number of anilines is 2. The van der Waals surface area contributed by atoms with Gasteiger partial charge in [-0.2, -0.15) is 0 Å². The molecule has 0 spiro atoms. The number of nitrogens with one attached hydrogen (secondary N) is 1. The van der Waals surface area contributed by atoms with E-state index in [2.05, 4.69) is 27.1 Å². The van der Waals surface area contributed by atoms with E-state index >= 15 is 0 Å². The zero-order valence-electron chi connectivity index (χ0n) is 14.1. The first-order valence-corrected chi connectivity index (χ1v) is 8.30. The van der Waals surface area contributed by atoms with Crippen LogP contribution in [0.3, 0.4) is 0 Å². The third-order valence-electron chi connectivity index (χ3n) is 4.46. The lowest BCUT2D eigenvalue weighted by Gasteiger charge is -2.34. The van der Waals surface area contributed by atoms with Crippen LogP contribution < -0.4 is 19.7 Å². The van der Waals surface area contributed by atoms with Crippen LogP contribution in [0.4, 0.5) is 11.5 Å². The Morgan fingerprint density at radius 3 is 2.76 bits per heavy atom. The maximum atomic E-state index is 12.8. The molecule has 3 heterocycles. The molecule has 0 unspecified atom stereocenters. The number of pyridine rings is 1. The first-order valence-electron chi connectivity index (χ1n) is 8.30. The molecule has 1 aromatic carbocycles. The van der Waals surface area contributed by atoms with Gasteiger partial charge in [-0.3, -0.25) is 4.79 Å². The van der Waals surface area contributed by atoms with Crippen molar-refractivity contribution in [1.82, 2.24) is 9.88 Å². The first-order chi connectivity index (χ1) is 12.2. The molecule has 2 aliphatic rings. The topological polar surface area (TPSA) is 66.9 Å². The number of hydrogen-bond acceptors (Lipinski definition) is 6. The van der Waals surface area contributed by atoms with E-state index in [1.807, 2.05) is 6.07 Å². The summed E-state index contributed by atoms with van der Waals surface area (Å²) in [6.45, 7) is 3.85. The van der Waals surface area contributed by atoms with Crippen LogP contribution in [0, 0.1) is 0 Å². The third kappa shape index (κ3) is 3.23. The average molecular weight is 340 g/mol. The Bertz CT molecular complexity index is 788. The Hall–Kier alpha value is -2.80. The largest absolute Gasteiger partial charge is 0.454 e. The molecule has 0 atom stereocenters. The molecule has 7 heteroatoms. The van der Waals surface area contributed by atoms with Crippen LogP contribution in [-0.4, -0.2) is 55.8 Å². The lowest BCUT2D eigenvalue weighted by atomic mass is 10.2. The molecule has 0 saturated carbocycles. The van der Waals surface area contributed by atoms with Crippen molar-refractivity contribution in [2.75, 3.05) is 50.2 Å². The predicted octanol–water partition coefficient (Wildman–Crippen LogP) is 1.81. The highest BCUT2D eigenvalue weighted by molar-refractivity contribution is 6.07. The van der Waals surface area contributed by atoms with Gasteiger partial charge in [-0.05, 0) is 31.3 Å². The monoisotopic (exact) mass is 340 g/mol. The molecule has 25 heavy (non-hydrogen) atoms. The first kappa shape index (κ1) is 15.7. The van der Waals surface area contributed by atoms with Crippen molar-refractivity contribution in [2.45, 2.75) is 0 Å². The van der Waals surface area contributed by atoms with Crippen molar-refractivity contribution >= 4 is 17.4 Å². The minimum atomic E-state index is -0.180. The highest BCUT2D eigenvalue weighted by atomic mass is 16.7.